The highest BCUT2D eigenvalue weighted by Crippen LogP contribution is 2.35. The topological polar surface area (TPSA) is 58.9 Å². The van der Waals surface area contributed by atoms with Crippen LogP contribution in [0.3, 0.4) is 0 Å². The highest BCUT2D eigenvalue weighted by atomic mass is 19.1. The van der Waals surface area contributed by atoms with Crippen LogP contribution in [-0.4, -0.2) is 35.6 Å². The fourth-order valence-electron chi connectivity index (χ4n) is 2.15. The van der Waals surface area contributed by atoms with E-state index in [2.05, 4.69) is 0 Å². The maximum Gasteiger partial charge on any atom is 0.164 e. The van der Waals surface area contributed by atoms with Gasteiger partial charge in [-0.15, -0.1) is 0 Å². The van der Waals surface area contributed by atoms with Gasteiger partial charge < -0.3 is 19.7 Å². The number of halogens is 1. The fourth-order valence-corrected chi connectivity index (χ4v) is 2.15. The van der Waals surface area contributed by atoms with Gasteiger partial charge in [0.2, 0.25) is 0 Å². The number of hydrogen-bond donors (Lipinski definition) is 2. The quantitative estimate of drug-likeness (QED) is 0.775. The number of benzene rings is 1. The molecule has 1 aromatic rings. The van der Waals surface area contributed by atoms with Gasteiger partial charge in [0.15, 0.2) is 11.5 Å². The average Bonchev–Trinajstić information content (AvgIpc) is 2.41. The molecule has 0 heterocycles. The van der Waals surface area contributed by atoms with E-state index in [1.54, 1.807) is 13.0 Å². The molecule has 21 heavy (non-hydrogen) atoms. The Morgan fingerprint density at radius 2 is 1.57 bits per heavy atom. The van der Waals surface area contributed by atoms with Crippen molar-refractivity contribution in [2.75, 3.05) is 13.2 Å². The van der Waals surface area contributed by atoms with Crippen molar-refractivity contribution in [1.82, 2.24) is 0 Å². The molecular weight excluding hydrogens is 275 g/mol. The molecule has 0 aliphatic heterocycles. The van der Waals surface area contributed by atoms with E-state index in [4.69, 9.17) is 9.47 Å². The lowest BCUT2D eigenvalue weighted by Crippen LogP contribution is -2.24. The van der Waals surface area contributed by atoms with Crippen LogP contribution in [0.2, 0.25) is 0 Å². The molecular formula is C16H25FO4. The van der Waals surface area contributed by atoms with E-state index in [1.165, 1.54) is 13.0 Å². The molecule has 3 atom stereocenters. The number of rotatable bonds is 8. The second-order valence-electron chi connectivity index (χ2n) is 5.13. The SMILES string of the molecule is CCOc1cc(F)c(C(C)CC(O)C(C)O)cc1OCC. The van der Waals surface area contributed by atoms with E-state index >= 15 is 0 Å². The normalized spacial score (nSPS) is 15.4. The van der Waals surface area contributed by atoms with Crippen LogP contribution in [-0.2, 0) is 0 Å². The molecule has 0 aromatic heterocycles. The van der Waals surface area contributed by atoms with Crippen molar-refractivity contribution in [2.24, 2.45) is 0 Å². The maximum absolute atomic E-state index is 14.2. The lowest BCUT2D eigenvalue weighted by atomic mass is 9.92. The third kappa shape index (κ3) is 4.86. The predicted octanol–water partition coefficient (Wildman–Crippen LogP) is 2.86. The molecule has 0 fully saturated rings. The molecule has 0 saturated heterocycles. The van der Waals surface area contributed by atoms with Crippen LogP contribution in [0.15, 0.2) is 12.1 Å². The Kier molecular flexibility index (Phi) is 6.92. The molecule has 120 valence electrons. The summed E-state index contributed by atoms with van der Waals surface area (Å²) < 4.78 is 25.1. The fraction of sp³-hybridized carbons (Fsp3) is 0.625. The van der Waals surface area contributed by atoms with E-state index < -0.39 is 18.0 Å². The first-order chi connectivity index (χ1) is 9.90. The van der Waals surface area contributed by atoms with E-state index in [1.807, 2.05) is 13.8 Å². The van der Waals surface area contributed by atoms with E-state index in [0.29, 0.717) is 30.3 Å². The van der Waals surface area contributed by atoms with E-state index in [-0.39, 0.29) is 12.3 Å². The van der Waals surface area contributed by atoms with Gasteiger partial charge in [0.1, 0.15) is 5.82 Å². The summed E-state index contributed by atoms with van der Waals surface area (Å²) in [7, 11) is 0. The summed E-state index contributed by atoms with van der Waals surface area (Å²) >= 11 is 0. The van der Waals surface area contributed by atoms with E-state index in [9.17, 15) is 14.6 Å². The van der Waals surface area contributed by atoms with Gasteiger partial charge >= 0.3 is 0 Å². The Hall–Kier alpha value is -1.33. The second kappa shape index (κ2) is 8.20. The molecule has 3 unspecified atom stereocenters. The minimum Gasteiger partial charge on any atom is -0.490 e. The van der Waals surface area contributed by atoms with Gasteiger partial charge in [-0.3, -0.25) is 0 Å². The van der Waals surface area contributed by atoms with Crippen molar-refractivity contribution in [3.05, 3.63) is 23.5 Å². The molecule has 2 N–H and O–H groups in total. The Labute approximate surface area is 125 Å². The molecule has 0 saturated carbocycles. The molecule has 1 aromatic carbocycles. The second-order valence-corrected chi connectivity index (χ2v) is 5.13. The summed E-state index contributed by atoms with van der Waals surface area (Å²) in [5.74, 6) is 0.231. The van der Waals surface area contributed by atoms with Crippen LogP contribution in [0.5, 0.6) is 11.5 Å². The number of aliphatic hydroxyl groups excluding tert-OH is 2. The summed E-state index contributed by atoms with van der Waals surface area (Å²) in [6.45, 7) is 7.87. The zero-order valence-electron chi connectivity index (χ0n) is 13.1. The van der Waals surface area contributed by atoms with Crippen molar-refractivity contribution in [2.45, 2.75) is 52.2 Å². The van der Waals surface area contributed by atoms with Gasteiger partial charge in [0.05, 0.1) is 25.4 Å². The summed E-state index contributed by atoms with van der Waals surface area (Å²) in [6.07, 6.45) is -1.46. The zero-order valence-corrected chi connectivity index (χ0v) is 13.1. The zero-order chi connectivity index (χ0) is 16.0. The summed E-state index contributed by atoms with van der Waals surface area (Å²) in [6, 6.07) is 2.93. The third-order valence-electron chi connectivity index (χ3n) is 3.35. The lowest BCUT2D eigenvalue weighted by Gasteiger charge is -2.21. The lowest BCUT2D eigenvalue weighted by molar-refractivity contribution is 0.0225. The molecule has 0 aliphatic rings. The van der Waals surface area contributed by atoms with Crippen molar-refractivity contribution >= 4 is 0 Å². The summed E-state index contributed by atoms with van der Waals surface area (Å²) in [4.78, 5) is 0. The third-order valence-corrected chi connectivity index (χ3v) is 3.35. The number of ether oxygens (including phenoxy) is 2. The smallest absolute Gasteiger partial charge is 0.164 e. The van der Waals surface area contributed by atoms with E-state index in [0.717, 1.165) is 0 Å². The Morgan fingerprint density at radius 1 is 1.05 bits per heavy atom. The highest BCUT2D eigenvalue weighted by Gasteiger charge is 2.21. The van der Waals surface area contributed by atoms with Crippen LogP contribution < -0.4 is 9.47 Å². The monoisotopic (exact) mass is 300 g/mol. The van der Waals surface area contributed by atoms with Crippen LogP contribution >= 0.6 is 0 Å². The van der Waals surface area contributed by atoms with Gasteiger partial charge in [-0.1, -0.05) is 6.92 Å². The predicted molar refractivity (Wildman–Crippen MR) is 79.5 cm³/mol. The first kappa shape index (κ1) is 17.7. The van der Waals surface area contributed by atoms with Crippen LogP contribution in [0.4, 0.5) is 4.39 Å². The summed E-state index contributed by atoms with van der Waals surface area (Å²) in [5, 5.41) is 19.1. The van der Waals surface area contributed by atoms with Crippen molar-refractivity contribution < 1.29 is 24.1 Å². The molecule has 0 radical (unpaired) electrons. The van der Waals surface area contributed by atoms with Gasteiger partial charge in [0.25, 0.3) is 0 Å². The Balaban J connectivity index is 3.03. The first-order valence-electron chi connectivity index (χ1n) is 7.35. The van der Waals surface area contributed by atoms with Gasteiger partial charge in [-0.2, -0.15) is 0 Å². The van der Waals surface area contributed by atoms with Crippen molar-refractivity contribution in [3.63, 3.8) is 0 Å². The minimum absolute atomic E-state index is 0.246. The molecule has 0 spiro atoms. The molecule has 0 bridgehead atoms. The Bertz CT molecular complexity index is 448. The molecule has 0 aliphatic carbocycles. The van der Waals surface area contributed by atoms with Gasteiger partial charge in [0, 0.05) is 6.07 Å². The van der Waals surface area contributed by atoms with Crippen LogP contribution in [0, 0.1) is 5.82 Å². The average molecular weight is 300 g/mol. The molecule has 4 nitrogen and oxygen atoms in total. The van der Waals surface area contributed by atoms with Crippen molar-refractivity contribution in [3.8, 4) is 11.5 Å². The Morgan fingerprint density at radius 3 is 2.05 bits per heavy atom. The number of aliphatic hydroxyl groups is 2. The van der Waals surface area contributed by atoms with Crippen LogP contribution in [0.1, 0.15) is 45.6 Å². The van der Waals surface area contributed by atoms with Crippen LogP contribution in [0.25, 0.3) is 0 Å². The van der Waals surface area contributed by atoms with Gasteiger partial charge in [-0.05, 0) is 44.7 Å². The molecule has 0 amide bonds. The largest absolute Gasteiger partial charge is 0.490 e. The molecule has 5 heteroatoms. The highest BCUT2D eigenvalue weighted by molar-refractivity contribution is 5.45. The first-order valence-corrected chi connectivity index (χ1v) is 7.35. The van der Waals surface area contributed by atoms with Gasteiger partial charge in [-0.25, -0.2) is 4.39 Å². The minimum atomic E-state index is -0.887. The maximum atomic E-state index is 14.2. The standard InChI is InChI=1S/C16H25FO4/c1-5-20-15-8-12(10(3)7-14(19)11(4)18)13(17)9-16(15)21-6-2/h8-11,14,18-19H,5-7H2,1-4H3. The number of hydrogen-bond acceptors (Lipinski definition) is 4. The van der Waals surface area contributed by atoms with Crippen molar-refractivity contribution in [1.29, 1.82) is 0 Å². The summed E-state index contributed by atoms with van der Waals surface area (Å²) in [5.41, 5.74) is 0.446. The molecule has 1 rings (SSSR count).